The maximum Gasteiger partial charge on any atom is 0.258 e. The number of hydrogen-bond donors (Lipinski definition) is 2. The van der Waals surface area contributed by atoms with Gasteiger partial charge >= 0.3 is 0 Å². The Morgan fingerprint density at radius 1 is 1.19 bits per heavy atom. The fraction of sp³-hybridized carbons (Fsp3) is 0.0526. The molecule has 1 aromatic carbocycles. The minimum atomic E-state index is -0.341. The van der Waals surface area contributed by atoms with Gasteiger partial charge in [-0.25, -0.2) is 19.3 Å². The molecule has 2 N–H and O–H groups in total. The molecule has 0 saturated carbocycles. The molecule has 0 radical (unpaired) electrons. The largest absolute Gasteiger partial charge is 0.323 e. The van der Waals surface area contributed by atoms with Gasteiger partial charge < -0.3 is 10.3 Å². The van der Waals surface area contributed by atoms with Crippen LogP contribution in [0.4, 0.5) is 10.1 Å². The van der Waals surface area contributed by atoms with Crippen molar-refractivity contribution in [1.29, 1.82) is 0 Å². The Kier molecular flexibility index (Phi) is 4.29. The summed E-state index contributed by atoms with van der Waals surface area (Å²) in [4.78, 5) is 28.5. The summed E-state index contributed by atoms with van der Waals surface area (Å²) in [7, 11) is 0. The van der Waals surface area contributed by atoms with Crippen molar-refractivity contribution in [1.82, 2.24) is 19.9 Å². The van der Waals surface area contributed by atoms with E-state index in [2.05, 4.69) is 25.3 Å². The summed E-state index contributed by atoms with van der Waals surface area (Å²) >= 11 is 5.85. The lowest BCUT2D eigenvalue weighted by atomic mass is 10.2. The molecule has 0 saturated heterocycles. The molecule has 0 unspecified atom stereocenters. The first-order valence-electron chi connectivity index (χ1n) is 8.05. The standard InChI is InChI=1S/C19H13ClFN5O/c1-10-8-15(20)23-9-14(10)24-19(27)13-6-7-22-18-16(13)25-17(26-18)11-2-4-12(21)5-3-11/h2-9H,1H3,(H,24,27)(H,22,25,26). The summed E-state index contributed by atoms with van der Waals surface area (Å²) in [5, 5.41) is 3.17. The second-order valence-electron chi connectivity index (χ2n) is 5.92. The third-order valence-corrected chi connectivity index (χ3v) is 4.28. The number of aromatic nitrogens is 4. The van der Waals surface area contributed by atoms with Gasteiger partial charge in [-0.2, -0.15) is 0 Å². The van der Waals surface area contributed by atoms with Gasteiger partial charge in [0.2, 0.25) is 0 Å². The van der Waals surface area contributed by atoms with Gasteiger partial charge in [0.05, 0.1) is 17.4 Å². The number of halogens is 2. The number of amides is 1. The van der Waals surface area contributed by atoms with Crippen molar-refractivity contribution in [3.63, 3.8) is 0 Å². The van der Waals surface area contributed by atoms with Gasteiger partial charge in [-0.05, 0) is 48.9 Å². The molecule has 3 heterocycles. The fourth-order valence-electron chi connectivity index (χ4n) is 2.68. The van der Waals surface area contributed by atoms with Gasteiger partial charge in [-0.15, -0.1) is 0 Å². The van der Waals surface area contributed by atoms with Crippen LogP contribution in [-0.2, 0) is 0 Å². The first-order valence-corrected chi connectivity index (χ1v) is 8.43. The van der Waals surface area contributed by atoms with E-state index < -0.39 is 0 Å². The van der Waals surface area contributed by atoms with Crippen LogP contribution in [0.3, 0.4) is 0 Å². The van der Waals surface area contributed by atoms with Crippen LogP contribution in [-0.4, -0.2) is 25.8 Å². The third kappa shape index (κ3) is 3.37. The summed E-state index contributed by atoms with van der Waals surface area (Å²) in [5.41, 5.74) is 3.30. The quantitative estimate of drug-likeness (QED) is 0.516. The molecule has 0 spiro atoms. The number of imidazole rings is 1. The molecule has 0 fully saturated rings. The molecule has 0 aliphatic rings. The second-order valence-corrected chi connectivity index (χ2v) is 6.31. The Bertz CT molecular complexity index is 1160. The summed E-state index contributed by atoms with van der Waals surface area (Å²) in [6.07, 6.45) is 3.03. The zero-order chi connectivity index (χ0) is 19.0. The van der Waals surface area contributed by atoms with Crippen LogP contribution >= 0.6 is 11.6 Å². The molecule has 0 atom stereocenters. The minimum absolute atomic E-state index is 0.333. The molecule has 4 aromatic rings. The van der Waals surface area contributed by atoms with Crippen molar-refractivity contribution in [3.05, 3.63) is 70.9 Å². The molecule has 0 bridgehead atoms. The number of anilines is 1. The van der Waals surface area contributed by atoms with E-state index in [9.17, 15) is 9.18 Å². The van der Waals surface area contributed by atoms with Crippen LogP contribution in [0, 0.1) is 12.7 Å². The first-order chi connectivity index (χ1) is 13.0. The highest BCUT2D eigenvalue weighted by Crippen LogP contribution is 2.23. The lowest BCUT2D eigenvalue weighted by molar-refractivity contribution is 0.102. The van der Waals surface area contributed by atoms with Gasteiger partial charge in [-0.1, -0.05) is 11.6 Å². The summed E-state index contributed by atoms with van der Waals surface area (Å²) < 4.78 is 13.1. The summed E-state index contributed by atoms with van der Waals surface area (Å²) in [6, 6.07) is 9.16. The number of H-pyrrole nitrogens is 1. The van der Waals surface area contributed by atoms with Gasteiger partial charge in [0.25, 0.3) is 5.91 Å². The Morgan fingerprint density at radius 3 is 2.70 bits per heavy atom. The highest BCUT2D eigenvalue weighted by Gasteiger charge is 2.16. The predicted octanol–water partition coefficient (Wildman–Crippen LogP) is 4.37. The highest BCUT2D eigenvalue weighted by atomic mass is 35.5. The molecule has 6 nitrogen and oxygen atoms in total. The van der Waals surface area contributed by atoms with Crippen LogP contribution in [0.1, 0.15) is 15.9 Å². The smallest absolute Gasteiger partial charge is 0.258 e. The maximum absolute atomic E-state index is 13.1. The number of carbonyl (C=O) groups is 1. The van der Waals surface area contributed by atoms with E-state index in [1.54, 1.807) is 24.3 Å². The van der Waals surface area contributed by atoms with Crippen molar-refractivity contribution in [2.24, 2.45) is 0 Å². The van der Waals surface area contributed by atoms with Crippen LogP contribution in [0.25, 0.3) is 22.6 Å². The van der Waals surface area contributed by atoms with Gasteiger partial charge in [0.1, 0.15) is 22.3 Å². The van der Waals surface area contributed by atoms with E-state index in [1.807, 2.05) is 6.92 Å². The number of hydrogen-bond acceptors (Lipinski definition) is 4. The molecule has 3 aromatic heterocycles. The highest BCUT2D eigenvalue weighted by molar-refractivity contribution is 6.29. The number of aryl methyl sites for hydroxylation is 1. The van der Waals surface area contributed by atoms with Crippen molar-refractivity contribution in [3.8, 4) is 11.4 Å². The molecular formula is C19H13ClFN5O. The van der Waals surface area contributed by atoms with Crippen LogP contribution in [0.2, 0.25) is 5.15 Å². The van der Waals surface area contributed by atoms with Crippen molar-refractivity contribution < 1.29 is 9.18 Å². The van der Waals surface area contributed by atoms with Crippen LogP contribution in [0.15, 0.2) is 48.8 Å². The lowest BCUT2D eigenvalue weighted by Gasteiger charge is -2.08. The third-order valence-electron chi connectivity index (χ3n) is 4.07. The minimum Gasteiger partial charge on any atom is -0.323 e. The maximum atomic E-state index is 13.1. The number of benzene rings is 1. The Hall–Kier alpha value is -3.32. The van der Waals surface area contributed by atoms with Crippen LogP contribution < -0.4 is 5.32 Å². The van der Waals surface area contributed by atoms with E-state index in [0.29, 0.717) is 39.0 Å². The Morgan fingerprint density at radius 2 is 1.96 bits per heavy atom. The van der Waals surface area contributed by atoms with Gasteiger partial charge in [0.15, 0.2) is 5.65 Å². The molecule has 27 heavy (non-hydrogen) atoms. The van der Waals surface area contributed by atoms with Crippen molar-refractivity contribution in [2.45, 2.75) is 6.92 Å². The van der Waals surface area contributed by atoms with E-state index in [-0.39, 0.29) is 11.7 Å². The fourth-order valence-corrected chi connectivity index (χ4v) is 2.89. The second kappa shape index (κ2) is 6.77. The number of nitrogens with zero attached hydrogens (tertiary/aromatic N) is 3. The van der Waals surface area contributed by atoms with E-state index in [4.69, 9.17) is 11.6 Å². The van der Waals surface area contributed by atoms with Crippen molar-refractivity contribution >= 4 is 34.4 Å². The van der Waals surface area contributed by atoms with E-state index >= 15 is 0 Å². The van der Waals surface area contributed by atoms with Gasteiger partial charge in [-0.3, -0.25) is 4.79 Å². The zero-order valence-corrected chi connectivity index (χ0v) is 14.9. The predicted molar refractivity (Wildman–Crippen MR) is 101 cm³/mol. The zero-order valence-electron chi connectivity index (χ0n) is 14.1. The average molecular weight is 382 g/mol. The Labute approximate surface area is 158 Å². The number of nitrogens with one attached hydrogen (secondary N) is 2. The number of aromatic amines is 1. The normalized spacial score (nSPS) is 10.9. The van der Waals surface area contributed by atoms with E-state index in [1.165, 1.54) is 24.5 Å². The Balaban J connectivity index is 1.71. The first kappa shape index (κ1) is 17.1. The van der Waals surface area contributed by atoms with Crippen LogP contribution in [0.5, 0.6) is 0 Å². The number of rotatable bonds is 3. The van der Waals surface area contributed by atoms with E-state index in [0.717, 1.165) is 5.56 Å². The number of fused-ring (bicyclic) bond motifs is 1. The summed E-state index contributed by atoms with van der Waals surface area (Å²) in [6.45, 7) is 1.83. The number of carbonyl (C=O) groups excluding carboxylic acids is 1. The molecule has 4 rings (SSSR count). The molecule has 0 aliphatic heterocycles. The van der Waals surface area contributed by atoms with Crippen molar-refractivity contribution in [2.75, 3.05) is 5.32 Å². The number of pyridine rings is 2. The molecular weight excluding hydrogens is 369 g/mol. The lowest BCUT2D eigenvalue weighted by Crippen LogP contribution is -2.13. The average Bonchev–Trinajstić information content (AvgIpc) is 3.08. The SMILES string of the molecule is Cc1cc(Cl)ncc1NC(=O)c1ccnc2[nH]c(-c3ccc(F)cc3)nc12. The van der Waals surface area contributed by atoms with Gasteiger partial charge in [0, 0.05) is 11.8 Å². The molecule has 1 amide bonds. The topological polar surface area (TPSA) is 83.6 Å². The molecule has 0 aliphatic carbocycles. The molecule has 8 heteroatoms. The molecule has 134 valence electrons. The monoisotopic (exact) mass is 381 g/mol. The summed E-state index contributed by atoms with van der Waals surface area (Å²) in [5.74, 6) is -0.172.